The molecule has 1 unspecified atom stereocenters. The van der Waals surface area contributed by atoms with Crippen LogP contribution >= 0.6 is 0 Å². The van der Waals surface area contributed by atoms with Crippen molar-refractivity contribution in [3.63, 3.8) is 0 Å². The molecule has 0 fully saturated rings. The highest BCUT2D eigenvalue weighted by molar-refractivity contribution is 6.36. The van der Waals surface area contributed by atoms with Crippen molar-refractivity contribution in [2.45, 2.75) is 19.4 Å². The number of benzene rings is 2. The topological polar surface area (TPSA) is 52.9 Å². The van der Waals surface area contributed by atoms with E-state index in [0.717, 1.165) is 16.8 Å². The Bertz CT molecular complexity index is 695. The number of aryl methyl sites for hydroxylation is 1. The highest BCUT2D eigenvalue weighted by Crippen LogP contribution is 2.35. The molecule has 0 bridgehead atoms. The van der Waals surface area contributed by atoms with E-state index in [2.05, 4.69) is 5.10 Å². The monoisotopic (exact) mass is 280 g/mol. The van der Waals surface area contributed by atoms with Crippen LogP contribution in [0, 0.1) is 6.92 Å². The number of hydrogen-bond donors (Lipinski definition) is 1. The molecular weight excluding hydrogens is 264 g/mol. The number of carbonyl (C=O) groups is 1. The normalized spacial score (nSPS) is 17.7. The standard InChI is InChI=1S/C17H16N2O2/c1-12-6-5-9-14(10-12)19-16(11-15(18-19)17(20)21)13-7-3-2-4-8-13/h2-10,16H,11H2,1H3,(H,20,21). The van der Waals surface area contributed by atoms with E-state index in [9.17, 15) is 9.90 Å². The van der Waals surface area contributed by atoms with Gasteiger partial charge in [-0.15, -0.1) is 0 Å². The fraction of sp³-hybridized carbons (Fsp3) is 0.176. The number of hydrogen-bond acceptors (Lipinski definition) is 3. The Labute approximate surface area is 123 Å². The van der Waals surface area contributed by atoms with Crippen LogP contribution in [0.3, 0.4) is 0 Å². The minimum absolute atomic E-state index is 0.0703. The van der Waals surface area contributed by atoms with Crippen LogP contribution in [0.5, 0.6) is 0 Å². The van der Waals surface area contributed by atoms with E-state index in [1.54, 1.807) is 0 Å². The van der Waals surface area contributed by atoms with Crippen LogP contribution in [0.15, 0.2) is 59.7 Å². The molecular formula is C17H16N2O2. The fourth-order valence-corrected chi connectivity index (χ4v) is 2.58. The van der Waals surface area contributed by atoms with Gasteiger partial charge in [0.25, 0.3) is 0 Å². The Kier molecular flexibility index (Phi) is 3.44. The van der Waals surface area contributed by atoms with Gasteiger partial charge in [-0.3, -0.25) is 5.01 Å². The smallest absolute Gasteiger partial charge is 0.352 e. The van der Waals surface area contributed by atoms with E-state index >= 15 is 0 Å². The van der Waals surface area contributed by atoms with Gasteiger partial charge in [0.2, 0.25) is 0 Å². The molecule has 4 nitrogen and oxygen atoms in total. The van der Waals surface area contributed by atoms with E-state index in [4.69, 9.17) is 0 Å². The van der Waals surface area contributed by atoms with E-state index < -0.39 is 5.97 Å². The molecule has 1 aliphatic heterocycles. The third-order valence-corrected chi connectivity index (χ3v) is 3.61. The summed E-state index contributed by atoms with van der Waals surface area (Å²) in [6.45, 7) is 2.01. The first-order chi connectivity index (χ1) is 10.1. The van der Waals surface area contributed by atoms with Crippen molar-refractivity contribution in [1.82, 2.24) is 0 Å². The largest absolute Gasteiger partial charge is 0.477 e. The zero-order valence-electron chi connectivity index (χ0n) is 11.7. The maximum atomic E-state index is 11.3. The number of rotatable bonds is 3. The predicted octanol–water partition coefficient (Wildman–Crippen LogP) is 3.39. The first kappa shape index (κ1) is 13.4. The van der Waals surface area contributed by atoms with E-state index in [0.29, 0.717) is 6.42 Å². The average Bonchev–Trinajstić information content (AvgIpc) is 2.93. The number of carboxylic acid groups (broad SMARTS) is 1. The Hall–Kier alpha value is -2.62. The molecule has 21 heavy (non-hydrogen) atoms. The molecule has 106 valence electrons. The zero-order valence-corrected chi connectivity index (χ0v) is 11.7. The lowest BCUT2D eigenvalue weighted by Gasteiger charge is -2.24. The lowest BCUT2D eigenvalue weighted by molar-refractivity contribution is -0.129. The summed E-state index contributed by atoms with van der Waals surface area (Å²) >= 11 is 0. The summed E-state index contributed by atoms with van der Waals surface area (Å²) in [7, 11) is 0. The number of nitrogens with zero attached hydrogens (tertiary/aromatic N) is 2. The average molecular weight is 280 g/mol. The zero-order chi connectivity index (χ0) is 14.8. The van der Waals surface area contributed by atoms with Crippen molar-refractivity contribution in [2.24, 2.45) is 5.10 Å². The van der Waals surface area contributed by atoms with Crippen LogP contribution in [-0.4, -0.2) is 16.8 Å². The highest BCUT2D eigenvalue weighted by atomic mass is 16.4. The van der Waals surface area contributed by atoms with E-state index in [1.165, 1.54) is 0 Å². The van der Waals surface area contributed by atoms with Crippen LogP contribution in [-0.2, 0) is 4.79 Å². The Morgan fingerprint density at radius 3 is 2.62 bits per heavy atom. The molecule has 1 atom stereocenters. The quantitative estimate of drug-likeness (QED) is 0.937. The molecule has 3 rings (SSSR count). The van der Waals surface area contributed by atoms with Gasteiger partial charge in [-0.05, 0) is 30.2 Å². The van der Waals surface area contributed by atoms with E-state index in [-0.39, 0.29) is 11.8 Å². The maximum Gasteiger partial charge on any atom is 0.352 e. The van der Waals surface area contributed by atoms with Crippen LogP contribution < -0.4 is 5.01 Å². The molecule has 2 aromatic carbocycles. The van der Waals surface area contributed by atoms with Crippen molar-refractivity contribution < 1.29 is 9.90 Å². The van der Waals surface area contributed by atoms with Gasteiger partial charge in [-0.2, -0.15) is 5.10 Å². The summed E-state index contributed by atoms with van der Waals surface area (Å²) < 4.78 is 0. The van der Waals surface area contributed by atoms with E-state index in [1.807, 2.05) is 66.5 Å². The molecule has 4 heteroatoms. The van der Waals surface area contributed by atoms with Gasteiger partial charge in [0.15, 0.2) is 0 Å². The predicted molar refractivity (Wildman–Crippen MR) is 82.5 cm³/mol. The van der Waals surface area contributed by atoms with Crippen molar-refractivity contribution in [1.29, 1.82) is 0 Å². The van der Waals surface area contributed by atoms with Crippen LogP contribution in [0.2, 0.25) is 0 Å². The number of hydrazone groups is 1. The highest BCUT2D eigenvalue weighted by Gasteiger charge is 2.32. The molecule has 0 saturated carbocycles. The van der Waals surface area contributed by atoms with Gasteiger partial charge in [-0.25, -0.2) is 4.79 Å². The number of anilines is 1. The van der Waals surface area contributed by atoms with Gasteiger partial charge in [0.05, 0.1) is 11.7 Å². The summed E-state index contributed by atoms with van der Waals surface area (Å²) in [6.07, 6.45) is 0.410. The third-order valence-electron chi connectivity index (χ3n) is 3.61. The second-order valence-electron chi connectivity index (χ2n) is 5.17. The Morgan fingerprint density at radius 2 is 1.95 bits per heavy atom. The summed E-state index contributed by atoms with van der Waals surface area (Å²) in [5.74, 6) is -0.953. The van der Waals surface area contributed by atoms with Gasteiger partial charge in [-0.1, -0.05) is 42.5 Å². The molecule has 0 radical (unpaired) electrons. The third kappa shape index (κ3) is 2.65. The second-order valence-corrected chi connectivity index (χ2v) is 5.17. The van der Waals surface area contributed by atoms with Crippen molar-refractivity contribution in [3.8, 4) is 0 Å². The minimum atomic E-state index is -0.953. The summed E-state index contributed by atoms with van der Waals surface area (Å²) in [6, 6.07) is 17.8. The first-order valence-corrected chi connectivity index (χ1v) is 6.87. The molecule has 1 aliphatic rings. The lowest BCUT2D eigenvalue weighted by atomic mass is 10.0. The molecule has 0 amide bonds. The molecule has 0 spiro atoms. The Morgan fingerprint density at radius 1 is 1.19 bits per heavy atom. The SMILES string of the molecule is Cc1cccc(N2N=C(C(=O)O)CC2c2ccccc2)c1. The van der Waals surface area contributed by atoms with Gasteiger partial charge in [0, 0.05) is 6.42 Å². The molecule has 0 aliphatic carbocycles. The van der Waals surface area contributed by atoms with Crippen molar-refractivity contribution in [2.75, 3.05) is 5.01 Å². The summed E-state index contributed by atoms with van der Waals surface area (Å²) in [5, 5.41) is 15.4. The van der Waals surface area contributed by atoms with Gasteiger partial charge < -0.3 is 5.11 Å². The van der Waals surface area contributed by atoms with Crippen LogP contribution in [0.4, 0.5) is 5.69 Å². The van der Waals surface area contributed by atoms with Crippen LogP contribution in [0.1, 0.15) is 23.6 Å². The molecule has 2 aromatic rings. The lowest BCUT2D eigenvalue weighted by Crippen LogP contribution is -2.18. The summed E-state index contributed by atoms with van der Waals surface area (Å²) in [4.78, 5) is 11.3. The molecule has 0 aromatic heterocycles. The Balaban J connectivity index is 2.02. The first-order valence-electron chi connectivity index (χ1n) is 6.87. The molecule has 1 heterocycles. The van der Waals surface area contributed by atoms with Gasteiger partial charge >= 0.3 is 5.97 Å². The minimum Gasteiger partial charge on any atom is -0.477 e. The number of aliphatic carboxylic acids is 1. The number of carboxylic acids is 1. The molecule has 1 N–H and O–H groups in total. The van der Waals surface area contributed by atoms with Crippen molar-refractivity contribution >= 4 is 17.4 Å². The van der Waals surface area contributed by atoms with Crippen molar-refractivity contribution in [3.05, 3.63) is 65.7 Å². The fourth-order valence-electron chi connectivity index (χ4n) is 2.58. The van der Waals surface area contributed by atoms with Crippen LogP contribution in [0.25, 0.3) is 0 Å². The maximum absolute atomic E-state index is 11.3. The second kappa shape index (κ2) is 5.40. The molecule has 0 saturated heterocycles. The van der Waals surface area contributed by atoms with Gasteiger partial charge in [0.1, 0.15) is 5.71 Å². The summed E-state index contributed by atoms with van der Waals surface area (Å²) in [5.41, 5.74) is 3.31.